The highest BCUT2D eigenvalue weighted by atomic mass is 14.7. The van der Waals surface area contributed by atoms with Gasteiger partial charge in [0.15, 0.2) is 0 Å². The minimum atomic E-state index is 0.645. The molecule has 0 fully saturated rings. The largest absolute Gasteiger partial charge is 0.362 e. The number of fused-ring (bicyclic) bond motifs is 1. The molecule has 1 heterocycles. The molecule has 0 aliphatic heterocycles. The van der Waals surface area contributed by atoms with Crippen molar-refractivity contribution in [1.82, 2.24) is 4.98 Å². The average molecular weight is 177 g/mol. The van der Waals surface area contributed by atoms with E-state index in [0.717, 1.165) is 0 Å². The Bertz CT molecular complexity index is 260. The van der Waals surface area contributed by atoms with Gasteiger partial charge in [0.05, 0.1) is 0 Å². The van der Waals surface area contributed by atoms with Gasteiger partial charge in [-0.2, -0.15) is 0 Å². The van der Waals surface area contributed by atoms with Crippen molar-refractivity contribution in [3.63, 3.8) is 0 Å². The number of aromatic amines is 1. The highest BCUT2D eigenvalue weighted by Crippen LogP contribution is 2.24. The van der Waals surface area contributed by atoms with Gasteiger partial charge in [-0.05, 0) is 43.2 Å². The van der Waals surface area contributed by atoms with Crippen LogP contribution in [0.1, 0.15) is 56.0 Å². The topological polar surface area (TPSA) is 15.8 Å². The van der Waals surface area contributed by atoms with Gasteiger partial charge < -0.3 is 4.98 Å². The lowest BCUT2D eigenvalue weighted by Crippen LogP contribution is -1.89. The van der Waals surface area contributed by atoms with E-state index in [4.69, 9.17) is 0 Å². The molecule has 1 aromatic heterocycles. The summed E-state index contributed by atoms with van der Waals surface area (Å²) < 4.78 is 0. The zero-order valence-electron chi connectivity index (χ0n) is 8.69. The first-order chi connectivity index (χ1) is 6.27. The average Bonchev–Trinajstić information content (AvgIpc) is 2.38. The van der Waals surface area contributed by atoms with Crippen LogP contribution >= 0.6 is 0 Å². The third-order valence-corrected chi connectivity index (χ3v) is 3.01. The first kappa shape index (κ1) is 8.86. The first-order valence-electron chi connectivity index (χ1n) is 5.48. The maximum Gasteiger partial charge on any atom is 0.0181 e. The fraction of sp³-hybridized carbons (Fsp3) is 0.667. The number of aromatic nitrogens is 1. The Morgan fingerprint density at radius 1 is 1.15 bits per heavy atom. The van der Waals surface area contributed by atoms with Crippen molar-refractivity contribution in [2.75, 3.05) is 0 Å². The van der Waals surface area contributed by atoms with Crippen LogP contribution in [0.2, 0.25) is 0 Å². The third kappa shape index (κ3) is 1.79. The number of hydrogen-bond donors (Lipinski definition) is 1. The van der Waals surface area contributed by atoms with E-state index in [1.165, 1.54) is 43.5 Å². The summed E-state index contributed by atoms with van der Waals surface area (Å²) >= 11 is 0. The second-order valence-electron chi connectivity index (χ2n) is 4.44. The zero-order valence-corrected chi connectivity index (χ0v) is 8.69. The van der Waals surface area contributed by atoms with Crippen molar-refractivity contribution in [3.8, 4) is 0 Å². The van der Waals surface area contributed by atoms with Crippen molar-refractivity contribution in [1.29, 1.82) is 0 Å². The van der Waals surface area contributed by atoms with Crippen LogP contribution < -0.4 is 0 Å². The molecule has 0 atom stereocenters. The number of nitrogens with one attached hydrogen (secondary N) is 1. The summed E-state index contributed by atoms with van der Waals surface area (Å²) in [4.78, 5) is 3.57. The van der Waals surface area contributed by atoms with Crippen molar-refractivity contribution < 1.29 is 0 Å². The summed E-state index contributed by atoms with van der Waals surface area (Å²) in [6.45, 7) is 4.51. The molecule has 0 aromatic carbocycles. The second-order valence-corrected chi connectivity index (χ2v) is 4.44. The van der Waals surface area contributed by atoms with Gasteiger partial charge in [0, 0.05) is 11.4 Å². The molecular formula is C12H19N. The molecule has 2 rings (SSSR count). The molecule has 1 heteroatoms. The molecule has 1 aliphatic carbocycles. The first-order valence-corrected chi connectivity index (χ1v) is 5.48. The monoisotopic (exact) mass is 177 g/mol. The quantitative estimate of drug-likeness (QED) is 0.633. The highest BCUT2D eigenvalue weighted by Gasteiger charge is 2.12. The lowest BCUT2D eigenvalue weighted by atomic mass is 10.1. The van der Waals surface area contributed by atoms with E-state index >= 15 is 0 Å². The van der Waals surface area contributed by atoms with E-state index in [9.17, 15) is 0 Å². The number of aryl methyl sites for hydroxylation is 2. The lowest BCUT2D eigenvalue weighted by Gasteiger charge is -2.00. The Morgan fingerprint density at radius 2 is 1.92 bits per heavy atom. The molecule has 1 aliphatic rings. The molecule has 0 bridgehead atoms. The molecule has 0 radical (unpaired) electrons. The van der Waals surface area contributed by atoms with Crippen molar-refractivity contribution in [3.05, 3.63) is 23.0 Å². The molecule has 0 saturated carbocycles. The molecule has 1 aromatic rings. The Balaban J connectivity index is 2.27. The van der Waals surface area contributed by atoms with Gasteiger partial charge in [0.2, 0.25) is 0 Å². The van der Waals surface area contributed by atoms with Crippen LogP contribution in [0, 0.1) is 0 Å². The molecule has 1 N–H and O–H groups in total. The van der Waals surface area contributed by atoms with Crippen molar-refractivity contribution >= 4 is 0 Å². The van der Waals surface area contributed by atoms with E-state index < -0.39 is 0 Å². The predicted octanol–water partition coefficient (Wildman–Crippen LogP) is 3.41. The predicted molar refractivity (Wildman–Crippen MR) is 56.1 cm³/mol. The molecular weight excluding hydrogens is 158 g/mol. The Hall–Kier alpha value is -0.720. The van der Waals surface area contributed by atoms with Crippen LogP contribution in [0.15, 0.2) is 6.07 Å². The minimum Gasteiger partial charge on any atom is -0.362 e. The van der Waals surface area contributed by atoms with E-state index in [1.54, 1.807) is 5.56 Å². The highest BCUT2D eigenvalue weighted by molar-refractivity contribution is 5.28. The van der Waals surface area contributed by atoms with Gasteiger partial charge in [0.1, 0.15) is 0 Å². The van der Waals surface area contributed by atoms with Crippen LogP contribution in [-0.4, -0.2) is 4.98 Å². The van der Waals surface area contributed by atoms with Gasteiger partial charge in [-0.15, -0.1) is 0 Å². The molecule has 72 valence electrons. The summed E-state index contributed by atoms with van der Waals surface area (Å²) in [5, 5.41) is 0. The number of rotatable bonds is 1. The minimum absolute atomic E-state index is 0.645. The third-order valence-electron chi connectivity index (χ3n) is 3.01. The van der Waals surface area contributed by atoms with E-state index in [2.05, 4.69) is 24.9 Å². The Labute approximate surface area is 80.6 Å². The van der Waals surface area contributed by atoms with Gasteiger partial charge in [-0.1, -0.05) is 20.3 Å². The second kappa shape index (κ2) is 3.57. The van der Waals surface area contributed by atoms with Crippen molar-refractivity contribution in [2.24, 2.45) is 0 Å². The Morgan fingerprint density at radius 3 is 2.69 bits per heavy atom. The lowest BCUT2D eigenvalue weighted by molar-refractivity contribution is 0.702. The maximum absolute atomic E-state index is 3.57. The van der Waals surface area contributed by atoms with Gasteiger partial charge >= 0.3 is 0 Å². The van der Waals surface area contributed by atoms with E-state index in [1.807, 2.05) is 0 Å². The standard InChI is InChI=1S/C12H19N/c1-9(2)12-8-10-6-4-3-5-7-11(10)13-12/h8-9,13H,3-7H2,1-2H3. The summed E-state index contributed by atoms with van der Waals surface area (Å²) in [5.41, 5.74) is 4.52. The van der Waals surface area contributed by atoms with Crippen molar-refractivity contribution in [2.45, 2.75) is 51.9 Å². The fourth-order valence-electron chi connectivity index (χ4n) is 2.12. The SMILES string of the molecule is CC(C)c1cc2c([nH]1)CCCCC2. The summed E-state index contributed by atoms with van der Waals surface area (Å²) in [6.07, 6.45) is 6.70. The van der Waals surface area contributed by atoms with E-state index in [0.29, 0.717) is 5.92 Å². The molecule has 0 amide bonds. The van der Waals surface area contributed by atoms with Crippen LogP contribution in [0.4, 0.5) is 0 Å². The van der Waals surface area contributed by atoms with E-state index in [-0.39, 0.29) is 0 Å². The summed E-state index contributed by atoms with van der Waals surface area (Å²) in [7, 11) is 0. The molecule has 0 unspecified atom stereocenters. The van der Waals surface area contributed by atoms with Crippen LogP contribution in [-0.2, 0) is 12.8 Å². The van der Waals surface area contributed by atoms with Crippen LogP contribution in [0.25, 0.3) is 0 Å². The molecule has 0 saturated heterocycles. The number of H-pyrrole nitrogens is 1. The molecule has 1 nitrogen and oxygen atoms in total. The maximum atomic E-state index is 3.57. The van der Waals surface area contributed by atoms with Gasteiger partial charge in [-0.25, -0.2) is 0 Å². The van der Waals surface area contributed by atoms with Crippen LogP contribution in [0.3, 0.4) is 0 Å². The zero-order chi connectivity index (χ0) is 9.26. The Kier molecular flexibility index (Phi) is 2.43. The summed E-state index contributed by atoms with van der Waals surface area (Å²) in [5.74, 6) is 0.645. The fourth-order valence-corrected chi connectivity index (χ4v) is 2.12. The molecule has 0 spiro atoms. The van der Waals surface area contributed by atoms with Crippen LogP contribution in [0.5, 0.6) is 0 Å². The normalized spacial score (nSPS) is 17.2. The van der Waals surface area contributed by atoms with Gasteiger partial charge in [-0.3, -0.25) is 0 Å². The number of hydrogen-bond acceptors (Lipinski definition) is 0. The summed E-state index contributed by atoms with van der Waals surface area (Å²) in [6, 6.07) is 2.38. The molecule has 13 heavy (non-hydrogen) atoms. The smallest absolute Gasteiger partial charge is 0.0181 e. The van der Waals surface area contributed by atoms with Gasteiger partial charge in [0.25, 0.3) is 0 Å².